The highest BCUT2D eigenvalue weighted by Gasteiger charge is 2.24. The summed E-state index contributed by atoms with van der Waals surface area (Å²) in [5, 5.41) is 0. The minimum absolute atomic E-state index is 0.145. The predicted molar refractivity (Wildman–Crippen MR) is 88.6 cm³/mol. The van der Waals surface area contributed by atoms with Crippen LogP contribution >= 0.6 is 0 Å². The van der Waals surface area contributed by atoms with Crippen LogP contribution in [-0.2, 0) is 6.42 Å². The maximum atomic E-state index is 13.2. The summed E-state index contributed by atoms with van der Waals surface area (Å²) in [4.78, 5) is 0. The SMILES string of the molecule is CC[SiH2]C(C)[C@H]1CC[C@H](CCc2ccc(F)c(F)c2)CC1. The highest BCUT2D eigenvalue weighted by molar-refractivity contribution is 6.37. The molecule has 0 nitrogen and oxygen atoms in total. The minimum atomic E-state index is -0.742. The van der Waals surface area contributed by atoms with Crippen LogP contribution in [0.2, 0.25) is 11.6 Å². The Hall–Kier alpha value is -0.703. The first-order valence-corrected chi connectivity index (χ1v) is 10.4. The monoisotopic (exact) mass is 310 g/mol. The Morgan fingerprint density at radius 2 is 1.86 bits per heavy atom. The van der Waals surface area contributed by atoms with Crippen LogP contribution in [0.3, 0.4) is 0 Å². The zero-order valence-electron chi connectivity index (χ0n) is 13.4. The van der Waals surface area contributed by atoms with E-state index in [1.807, 2.05) is 0 Å². The highest BCUT2D eigenvalue weighted by atomic mass is 28.2. The molecule has 1 saturated carbocycles. The maximum Gasteiger partial charge on any atom is 0.159 e. The molecule has 1 aromatic carbocycles. The van der Waals surface area contributed by atoms with Crippen molar-refractivity contribution in [1.29, 1.82) is 0 Å². The van der Waals surface area contributed by atoms with Crippen molar-refractivity contribution in [2.45, 2.75) is 64.0 Å². The number of aryl methyl sites for hydroxylation is 1. The van der Waals surface area contributed by atoms with Crippen LogP contribution in [0.4, 0.5) is 8.78 Å². The summed E-state index contributed by atoms with van der Waals surface area (Å²) in [6.07, 6.45) is 7.43. The molecule has 0 aliphatic heterocycles. The first kappa shape index (κ1) is 16.7. The molecule has 3 heteroatoms. The van der Waals surface area contributed by atoms with Gasteiger partial charge < -0.3 is 0 Å². The number of benzene rings is 1. The highest BCUT2D eigenvalue weighted by Crippen LogP contribution is 2.37. The second-order valence-electron chi connectivity index (χ2n) is 6.83. The molecule has 1 aromatic rings. The molecule has 0 radical (unpaired) electrons. The van der Waals surface area contributed by atoms with E-state index in [9.17, 15) is 8.78 Å². The van der Waals surface area contributed by atoms with Crippen molar-refractivity contribution < 1.29 is 8.78 Å². The molecule has 0 bridgehead atoms. The molecule has 0 aromatic heterocycles. The molecule has 21 heavy (non-hydrogen) atoms. The molecular formula is C18H28F2Si. The van der Waals surface area contributed by atoms with Crippen LogP contribution < -0.4 is 0 Å². The van der Waals surface area contributed by atoms with E-state index >= 15 is 0 Å². The summed E-state index contributed by atoms with van der Waals surface area (Å²) in [6.45, 7) is 4.79. The molecular weight excluding hydrogens is 282 g/mol. The largest absolute Gasteiger partial charge is 0.204 e. The van der Waals surface area contributed by atoms with Gasteiger partial charge in [-0.05, 0) is 42.4 Å². The average molecular weight is 311 g/mol. The molecule has 0 N–H and O–H groups in total. The zero-order chi connectivity index (χ0) is 15.2. The van der Waals surface area contributed by atoms with Crippen molar-refractivity contribution in [3.8, 4) is 0 Å². The fourth-order valence-electron chi connectivity index (χ4n) is 3.80. The van der Waals surface area contributed by atoms with Crippen LogP contribution in [-0.4, -0.2) is 9.52 Å². The van der Waals surface area contributed by atoms with Gasteiger partial charge in [-0.2, -0.15) is 0 Å². The van der Waals surface area contributed by atoms with E-state index in [2.05, 4.69) is 13.8 Å². The molecule has 0 amide bonds. The van der Waals surface area contributed by atoms with E-state index in [0.29, 0.717) is 0 Å². The Morgan fingerprint density at radius 3 is 2.48 bits per heavy atom. The third-order valence-electron chi connectivity index (χ3n) is 5.27. The number of halogens is 2. The van der Waals surface area contributed by atoms with E-state index in [-0.39, 0.29) is 9.52 Å². The molecule has 2 rings (SSSR count). The van der Waals surface area contributed by atoms with Gasteiger partial charge in [0.1, 0.15) is 0 Å². The van der Waals surface area contributed by atoms with Gasteiger partial charge in [0.05, 0.1) is 0 Å². The Balaban J connectivity index is 1.74. The summed E-state index contributed by atoms with van der Waals surface area (Å²) in [6, 6.07) is 5.75. The molecule has 1 aliphatic rings. The van der Waals surface area contributed by atoms with Gasteiger partial charge >= 0.3 is 0 Å². The van der Waals surface area contributed by atoms with E-state index in [0.717, 1.165) is 35.8 Å². The lowest BCUT2D eigenvalue weighted by atomic mass is 9.78. The number of hydrogen-bond donors (Lipinski definition) is 0. The molecule has 0 spiro atoms. The average Bonchev–Trinajstić information content (AvgIpc) is 2.49. The normalized spacial score (nSPS) is 24.6. The molecule has 1 atom stereocenters. The Labute approximate surface area is 130 Å². The first-order chi connectivity index (χ1) is 10.1. The fourth-order valence-corrected chi connectivity index (χ4v) is 5.66. The Bertz CT molecular complexity index is 439. The Morgan fingerprint density at radius 1 is 1.14 bits per heavy atom. The van der Waals surface area contributed by atoms with Crippen LogP contribution in [0, 0.1) is 23.5 Å². The van der Waals surface area contributed by atoms with Crippen molar-refractivity contribution in [3.63, 3.8) is 0 Å². The lowest BCUT2D eigenvalue weighted by molar-refractivity contribution is 0.258. The van der Waals surface area contributed by atoms with Gasteiger partial charge in [0.15, 0.2) is 11.6 Å². The zero-order valence-corrected chi connectivity index (χ0v) is 14.8. The van der Waals surface area contributed by atoms with Crippen LogP contribution in [0.1, 0.15) is 51.5 Å². The summed E-state index contributed by atoms with van der Waals surface area (Å²) in [7, 11) is 0.145. The summed E-state index contributed by atoms with van der Waals surface area (Å²) in [5.74, 6) is 0.295. The van der Waals surface area contributed by atoms with Gasteiger partial charge in [0, 0.05) is 9.52 Å². The number of hydrogen-bond acceptors (Lipinski definition) is 0. The van der Waals surface area contributed by atoms with Crippen molar-refractivity contribution >= 4 is 9.52 Å². The lowest BCUT2D eigenvalue weighted by Gasteiger charge is -2.32. The van der Waals surface area contributed by atoms with Gasteiger partial charge in [0.2, 0.25) is 0 Å². The molecule has 118 valence electrons. The fraction of sp³-hybridized carbons (Fsp3) is 0.667. The summed E-state index contributed by atoms with van der Waals surface area (Å²) < 4.78 is 26.1. The third kappa shape index (κ3) is 4.91. The van der Waals surface area contributed by atoms with E-state index in [1.54, 1.807) is 6.07 Å². The Kier molecular flexibility index (Phi) is 6.40. The quantitative estimate of drug-likeness (QED) is 0.640. The molecule has 0 heterocycles. The maximum absolute atomic E-state index is 13.2. The van der Waals surface area contributed by atoms with Crippen molar-refractivity contribution in [2.24, 2.45) is 11.8 Å². The lowest BCUT2D eigenvalue weighted by Crippen LogP contribution is -2.20. The van der Waals surface area contributed by atoms with Gasteiger partial charge in [-0.1, -0.05) is 57.2 Å². The van der Waals surface area contributed by atoms with Gasteiger partial charge in [-0.3, -0.25) is 0 Å². The van der Waals surface area contributed by atoms with Crippen LogP contribution in [0.25, 0.3) is 0 Å². The standard InChI is InChI=1S/C18H28F2Si/c1-3-21-13(2)16-9-6-14(7-10-16)4-5-15-8-11-17(19)18(20)12-15/h8,11-14,16H,3-7,9-10,21H2,1-2H3/t13?,14-,16-. The smallest absolute Gasteiger partial charge is 0.159 e. The molecule has 1 aliphatic carbocycles. The van der Waals surface area contributed by atoms with Crippen LogP contribution in [0.5, 0.6) is 0 Å². The second kappa shape index (κ2) is 8.07. The third-order valence-corrected chi connectivity index (χ3v) is 7.42. The predicted octanol–water partition coefficient (Wildman–Crippen LogP) is 5.12. The summed E-state index contributed by atoms with van der Waals surface area (Å²) >= 11 is 0. The minimum Gasteiger partial charge on any atom is -0.204 e. The van der Waals surface area contributed by atoms with Gasteiger partial charge in [0.25, 0.3) is 0 Å². The molecule has 0 saturated heterocycles. The summed E-state index contributed by atoms with van der Waals surface area (Å²) in [5.41, 5.74) is 1.94. The first-order valence-electron chi connectivity index (χ1n) is 8.54. The van der Waals surface area contributed by atoms with E-state index in [1.165, 1.54) is 43.9 Å². The van der Waals surface area contributed by atoms with Crippen molar-refractivity contribution in [1.82, 2.24) is 0 Å². The topological polar surface area (TPSA) is 0 Å². The number of rotatable bonds is 6. The van der Waals surface area contributed by atoms with Crippen molar-refractivity contribution in [2.75, 3.05) is 0 Å². The molecule has 1 fully saturated rings. The van der Waals surface area contributed by atoms with E-state index < -0.39 is 11.6 Å². The van der Waals surface area contributed by atoms with Crippen LogP contribution in [0.15, 0.2) is 18.2 Å². The second-order valence-corrected chi connectivity index (χ2v) is 9.70. The van der Waals surface area contributed by atoms with Crippen molar-refractivity contribution in [3.05, 3.63) is 35.4 Å². The molecule has 1 unspecified atom stereocenters. The van der Waals surface area contributed by atoms with Gasteiger partial charge in [-0.15, -0.1) is 0 Å². The van der Waals surface area contributed by atoms with E-state index in [4.69, 9.17) is 0 Å². The van der Waals surface area contributed by atoms with Gasteiger partial charge in [-0.25, -0.2) is 8.78 Å².